The number of amides is 2. The topological polar surface area (TPSA) is 81.7 Å². The van der Waals surface area contributed by atoms with E-state index in [1.54, 1.807) is 11.9 Å². The Balaban J connectivity index is 4.18. The van der Waals surface area contributed by atoms with E-state index < -0.39 is 5.97 Å². The summed E-state index contributed by atoms with van der Waals surface area (Å²) in [5.74, 6) is -0.489. The van der Waals surface area contributed by atoms with E-state index in [1.807, 2.05) is 7.05 Å². The molecule has 124 valence electrons. The number of nitrogens with one attached hydrogen (secondary N) is 2. The fourth-order valence-corrected chi connectivity index (χ4v) is 2.18. The van der Waals surface area contributed by atoms with Crippen molar-refractivity contribution in [3.63, 3.8) is 0 Å². The molecule has 0 spiro atoms. The zero-order chi connectivity index (χ0) is 16.5. The van der Waals surface area contributed by atoms with Gasteiger partial charge in [0.15, 0.2) is 0 Å². The molecule has 0 aliphatic heterocycles. The lowest BCUT2D eigenvalue weighted by Crippen LogP contribution is -2.41. The first kappa shape index (κ1) is 19.7. The van der Waals surface area contributed by atoms with Gasteiger partial charge >= 0.3 is 12.0 Å². The van der Waals surface area contributed by atoms with Gasteiger partial charge in [-0.1, -0.05) is 20.8 Å². The minimum atomic E-state index is -0.764. The molecule has 0 radical (unpaired) electrons. The lowest BCUT2D eigenvalue weighted by Gasteiger charge is -2.31. The number of likely N-dealkylation sites (N-methyl/N-ethyl adjacent to an activating group) is 2. The highest BCUT2D eigenvalue weighted by Crippen LogP contribution is 2.32. The van der Waals surface area contributed by atoms with Crippen LogP contribution in [0.5, 0.6) is 0 Å². The van der Waals surface area contributed by atoms with Gasteiger partial charge in [0.25, 0.3) is 0 Å². The van der Waals surface area contributed by atoms with Gasteiger partial charge in [-0.2, -0.15) is 0 Å². The highest BCUT2D eigenvalue weighted by Gasteiger charge is 2.25. The number of nitrogens with zero attached hydrogens (tertiary/aromatic N) is 1. The normalized spacial score (nSPS) is 12.8. The molecular formula is C15H31N3O3. The van der Waals surface area contributed by atoms with Crippen molar-refractivity contribution < 1.29 is 14.7 Å². The Kier molecular flexibility index (Phi) is 9.01. The number of urea groups is 1. The number of carbonyl (C=O) groups is 2. The van der Waals surface area contributed by atoms with Crippen LogP contribution in [0.1, 0.15) is 40.0 Å². The van der Waals surface area contributed by atoms with Gasteiger partial charge in [0.05, 0.1) is 0 Å². The smallest absolute Gasteiger partial charge is 0.317 e. The molecule has 0 aromatic heterocycles. The summed E-state index contributed by atoms with van der Waals surface area (Å²) in [6.45, 7) is 8.32. The third-order valence-corrected chi connectivity index (χ3v) is 3.74. The van der Waals surface area contributed by atoms with Crippen LogP contribution in [-0.4, -0.2) is 55.7 Å². The third kappa shape index (κ3) is 9.28. The van der Waals surface area contributed by atoms with Crippen molar-refractivity contribution >= 4 is 12.0 Å². The van der Waals surface area contributed by atoms with Crippen LogP contribution in [0.15, 0.2) is 0 Å². The van der Waals surface area contributed by atoms with Crippen molar-refractivity contribution in [1.29, 1.82) is 0 Å². The fraction of sp³-hybridized carbons (Fsp3) is 0.867. The number of rotatable bonds is 9. The standard InChI is InChI=1S/C15H31N3O3/c1-15(2,3)12(6-7-13(19)20)8-9-17-14(21)18(5)11-10-16-4/h12,16H,6-11H2,1-5H3,(H,17,21)(H,19,20). The third-order valence-electron chi connectivity index (χ3n) is 3.74. The average molecular weight is 301 g/mol. The van der Waals surface area contributed by atoms with Gasteiger partial charge in [0.1, 0.15) is 0 Å². The molecule has 0 heterocycles. The van der Waals surface area contributed by atoms with Gasteiger partial charge in [-0.15, -0.1) is 0 Å². The molecule has 0 saturated carbocycles. The monoisotopic (exact) mass is 301 g/mol. The summed E-state index contributed by atoms with van der Waals surface area (Å²) in [5.41, 5.74) is 0.0399. The molecule has 1 unspecified atom stereocenters. The van der Waals surface area contributed by atoms with Crippen molar-refractivity contribution in [3.8, 4) is 0 Å². The molecular weight excluding hydrogens is 270 g/mol. The Bertz CT molecular complexity index is 327. The largest absolute Gasteiger partial charge is 0.481 e. The summed E-state index contributed by atoms with van der Waals surface area (Å²) in [6, 6.07) is -0.0869. The predicted octanol–water partition coefficient (Wildman–Crippen LogP) is 1.76. The van der Waals surface area contributed by atoms with Crippen LogP contribution >= 0.6 is 0 Å². The predicted molar refractivity (Wildman–Crippen MR) is 84.4 cm³/mol. The Morgan fingerprint density at radius 2 is 1.81 bits per heavy atom. The first-order valence-electron chi connectivity index (χ1n) is 7.53. The molecule has 0 bridgehead atoms. The Morgan fingerprint density at radius 3 is 2.29 bits per heavy atom. The van der Waals surface area contributed by atoms with Crippen LogP contribution in [0.2, 0.25) is 0 Å². The maximum atomic E-state index is 11.8. The molecule has 6 nitrogen and oxygen atoms in total. The minimum absolute atomic E-state index is 0.0399. The van der Waals surface area contributed by atoms with Crippen molar-refractivity contribution in [2.24, 2.45) is 11.3 Å². The zero-order valence-electron chi connectivity index (χ0n) is 14.0. The lowest BCUT2D eigenvalue weighted by atomic mass is 9.76. The van der Waals surface area contributed by atoms with E-state index in [-0.39, 0.29) is 23.8 Å². The van der Waals surface area contributed by atoms with Gasteiger partial charge in [-0.25, -0.2) is 4.79 Å². The summed E-state index contributed by atoms with van der Waals surface area (Å²) in [7, 11) is 3.61. The first-order valence-corrected chi connectivity index (χ1v) is 7.53. The van der Waals surface area contributed by atoms with Crippen LogP contribution in [0.4, 0.5) is 4.79 Å². The second-order valence-corrected chi connectivity index (χ2v) is 6.54. The second-order valence-electron chi connectivity index (χ2n) is 6.54. The number of aliphatic carboxylic acids is 1. The van der Waals surface area contributed by atoms with E-state index in [0.717, 1.165) is 13.0 Å². The zero-order valence-corrected chi connectivity index (χ0v) is 14.0. The van der Waals surface area contributed by atoms with Crippen LogP contribution in [0.25, 0.3) is 0 Å². The van der Waals surface area contributed by atoms with E-state index in [2.05, 4.69) is 31.4 Å². The van der Waals surface area contributed by atoms with Crippen molar-refractivity contribution in [2.75, 3.05) is 33.7 Å². The molecule has 2 amide bonds. The van der Waals surface area contributed by atoms with E-state index in [1.165, 1.54) is 0 Å². The second kappa shape index (κ2) is 9.60. The Labute approximate surface area is 128 Å². The molecule has 1 atom stereocenters. The number of carboxylic acid groups (broad SMARTS) is 1. The molecule has 0 aliphatic rings. The van der Waals surface area contributed by atoms with Crippen LogP contribution in [-0.2, 0) is 4.79 Å². The minimum Gasteiger partial charge on any atom is -0.481 e. The van der Waals surface area contributed by atoms with Crippen LogP contribution in [0.3, 0.4) is 0 Å². The molecule has 0 fully saturated rings. The van der Waals surface area contributed by atoms with Gasteiger partial charge in [0, 0.05) is 33.1 Å². The first-order chi connectivity index (χ1) is 9.68. The fourth-order valence-electron chi connectivity index (χ4n) is 2.18. The number of hydrogen-bond acceptors (Lipinski definition) is 3. The number of carbonyl (C=O) groups excluding carboxylic acids is 1. The molecule has 0 aliphatic carbocycles. The van der Waals surface area contributed by atoms with Crippen molar-refractivity contribution in [3.05, 3.63) is 0 Å². The maximum absolute atomic E-state index is 11.8. The highest BCUT2D eigenvalue weighted by atomic mass is 16.4. The summed E-state index contributed by atoms with van der Waals surface area (Å²) in [4.78, 5) is 24.2. The van der Waals surface area contributed by atoms with Crippen LogP contribution < -0.4 is 10.6 Å². The summed E-state index contributed by atoms with van der Waals surface area (Å²) < 4.78 is 0. The number of carboxylic acids is 1. The van der Waals surface area contributed by atoms with E-state index in [4.69, 9.17) is 5.11 Å². The summed E-state index contributed by atoms with van der Waals surface area (Å²) in [6.07, 6.45) is 1.62. The van der Waals surface area contributed by atoms with Gasteiger partial charge in [0.2, 0.25) is 0 Å². The van der Waals surface area contributed by atoms with E-state index >= 15 is 0 Å². The van der Waals surface area contributed by atoms with Crippen molar-refractivity contribution in [2.45, 2.75) is 40.0 Å². The molecule has 0 saturated heterocycles. The Hall–Kier alpha value is -1.30. The Morgan fingerprint density at radius 1 is 1.19 bits per heavy atom. The quantitative estimate of drug-likeness (QED) is 0.606. The van der Waals surface area contributed by atoms with Crippen molar-refractivity contribution in [1.82, 2.24) is 15.5 Å². The summed E-state index contributed by atoms with van der Waals surface area (Å²) >= 11 is 0. The van der Waals surface area contributed by atoms with E-state index in [0.29, 0.717) is 19.5 Å². The number of hydrogen-bond donors (Lipinski definition) is 3. The molecule has 0 aromatic carbocycles. The van der Waals surface area contributed by atoms with Crippen LogP contribution in [0, 0.1) is 11.3 Å². The molecule has 0 aromatic rings. The summed E-state index contributed by atoms with van der Waals surface area (Å²) in [5, 5.41) is 14.7. The van der Waals surface area contributed by atoms with E-state index in [9.17, 15) is 9.59 Å². The van der Waals surface area contributed by atoms with Gasteiger partial charge in [-0.05, 0) is 31.2 Å². The molecule has 0 rings (SSSR count). The average Bonchev–Trinajstić information content (AvgIpc) is 2.37. The lowest BCUT2D eigenvalue weighted by molar-refractivity contribution is -0.137. The SMILES string of the molecule is CNCCN(C)C(=O)NCCC(CCC(=O)O)C(C)(C)C. The molecule has 3 N–H and O–H groups in total. The molecule has 6 heteroatoms. The highest BCUT2D eigenvalue weighted by molar-refractivity contribution is 5.73. The van der Waals surface area contributed by atoms with Gasteiger partial charge in [-0.3, -0.25) is 4.79 Å². The van der Waals surface area contributed by atoms with Gasteiger partial charge < -0.3 is 20.6 Å². The molecule has 21 heavy (non-hydrogen) atoms. The maximum Gasteiger partial charge on any atom is 0.317 e.